The van der Waals surface area contributed by atoms with Gasteiger partial charge in [0.05, 0.1) is 29.6 Å². The highest BCUT2D eigenvalue weighted by atomic mass is 32.2. The number of hydrogen-bond acceptors (Lipinski definition) is 7. The minimum atomic E-state index is -4.34. The molecule has 0 aliphatic heterocycles. The number of rotatable bonds is 8. The van der Waals surface area contributed by atoms with Crippen molar-refractivity contribution in [2.45, 2.75) is 4.90 Å². The van der Waals surface area contributed by atoms with Crippen molar-refractivity contribution in [2.24, 2.45) is 5.10 Å². The van der Waals surface area contributed by atoms with E-state index in [0.717, 1.165) is 36.5 Å². The third kappa shape index (κ3) is 5.16. The average molecular weight is 462 g/mol. The van der Waals surface area contributed by atoms with Crippen molar-refractivity contribution in [3.8, 4) is 5.75 Å². The molecule has 0 radical (unpaired) electrons. The summed E-state index contributed by atoms with van der Waals surface area (Å²) in [5.41, 5.74) is 1.90. The van der Waals surface area contributed by atoms with Crippen molar-refractivity contribution < 1.29 is 26.9 Å². The van der Waals surface area contributed by atoms with E-state index >= 15 is 0 Å². The van der Waals surface area contributed by atoms with Gasteiger partial charge in [-0.05, 0) is 30.3 Å². The number of para-hydroxylation sites is 2. The molecule has 2 N–H and O–H groups in total. The first kappa shape index (κ1) is 22.6. The zero-order valence-corrected chi connectivity index (χ0v) is 17.3. The number of anilines is 2. The maximum atomic E-state index is 13.7. The van der Waals surface area contributed by atoms with Crippen LogP contribution in [0.25, 0.3) is 0 Å². The molecule has 0 bridgehead atoms. The minimum Gasteiger partial charge on any atom is -0.495 e. The predicted molar refractivity (Wildman–Crippen MR) is 114 cm³/mol. The Balaban J connectivity index is 1.97. The van der Waals surface area contributed by atoms with Gasteiger partial charge in [-0.1, -0.05) is 12.1 Å². The maximum Gasteiger partial charge on any atom is 0.270 e. The third-order valence-electron chi connectivity index (χ3n) is 4.17. The average Bonchev–Trinajstić information content (AvgIpc) is 2.75. The predicted octanol–water partition coefficient (Wildman–Crippen LogP) is 4.13. The summed E-state index contributed by atoms with van der Waals surface area (Å²) in [5, 5.41) is 14.9. The molecule has 3 rings (SSSR count). The number of nitrogens with one attached hydrogen (secondary N) is 2. The lowest BCUT2D eigenvalue weighted by Crippen LogP contribution is -2.15. The number of hydrazone groups is 1. The van der Waals surface area contributed by atoms with E-state index in [4.69, 9.17) is 4.74 Å². The van der Waals surface area contributed by atoms with Crippen molar-refractivity contribution in [3.05, 3.63) is 88.0 Å². The fraction of sp³-hybridized carbons (Fsp3) is 0.0500. The van der Waals surface area contributed by atoms with Crippen molar-refractivity contribution >= 4 is 33.3 Å². The Morgan fingerprint density at radius 1 is 1.06 bits per heavy atom. The van der Waals surface area contributed by atoms with Gasteiger partial charge in [-0.15, -0.1) is 0 Å². The van der Waals surface area contributed by atoms with Gasteiger partial charge in [0, 0.05) is 23.8 Å². The third-order valence-corrected chi connectivity index (χ3v) is 5.57. The highest BCUT2D eigenvalue weighted by Gasteiger charge is 2.23. The minimum absolute atomic E-state index is 0.0580. The Kier molecular flexibility index (Phi) is 6.64. The number of methoxy groups -OCH3 is 1. The van der Waals surface area contributed by atoms with Crippen molar-refractivity contribution in [2.75, 3.05) is 17.3 Å². The molecule has 0 aliphatic rings. The second kappa shape index (κ2) is 9.39. The fourth-order valence-corrected chi connectivity index (χ4v) is 3.89. The van der Waals surface area contributed by atoms with Crippen LogP contribution in [0.3, 0.4) is 0 Å². The van der Waals surface area contributed by atoms with Crippen LogP contribution in [0.2, 0.25) is 0 Å². The van der Waals surface area contributed by atoms with Crippen molar-refractivity contribution in [1.29, 1.82) is 0 Å². The highest BCUT2D eigenvalue weighted by Crippen LogP contribution is 2.31. The van der Waals surface area contributed by atoms with E-state index < -0.39 is 37.2 Å². The normalized spacial score (nSPS) is 11.3. The molecular weight excluding hydrogens is 446 g/mol. The van der Waals surface area contributed by atoms with Crippen molar-refractivity contribution in [3.63, 3.8) is 0 Å². The lowest BCUT2D eigenvalue weighted by atomic mass is 10.2. The summed E-state index contributed by atoms with van der Waals surface area (Å²) in [5.74, 6) is -1.40. The van der Waals surface area contributed by atoms with Crippen LogP contribution in [0.15, 0.2) is 70.7 Å². The second-order valence-corrected chi connectivity index (χ2v) is 7.93. The lowest BCUT2D eigenvalue weighted by molar-refractivity contribution is -0.385. The van der Waals surface area contributed by atoms with Gasteiger partial charge in [0.25, 0.3) is 15.7 Å². The first-order chi connectivity index (χ1) is 15.2. The first-order valence-electron chi connectivity index (χ1n) is 8.89. The number of nitro groups is 1. The largest absolute Gasteiger partial charge is 0.495 e. The Hall–Kier alpha value is -4.06. The molecule has 0 spiro atoms. The quantitative estimate of drug-likeness (QED) is 0.295. The molecule has 166 valence electrons. The van der Waals surface area contributed by atoms with Gasteiger partial charge < -0.3 is 4.74 Å². The molecule has 0 heterocycles. The molecule has 0 aliphatic carbocycles. The molecule has 0 saturated carbocycles. The van der Waals surface area contributed by atoms with E-state index in [0.29, 0.717) is 6.07 Å². The summed E-state index contributed by atoms with van der Waals surface area (Å²) >= 11 is 0. The van der Waals surface area contributed by atoms with Crippen LogP contribution in [0.5, 0.6) is 5.75 Å². The second-order valence-electron chi connectivity index (χ2n) is 6.28. The summed E-state index contributed by atoms with van der Waals surface area (Å²) in [6.07, 6.45) is 1.01. The van der Waals surface area contributed by atoms with E-state index in [1.807, 2.05) is 0 Å². The van der Waals surface area contributed by atoms with Crippen LogP contribution in [-0.4, -0.2) is 26.7 Å². The molecule has 3 aromatic carbocycles. The zero-order valence-electron chi connectivity index (χ0n) is 16.5. The van der Waals surface area contributed by atoms with Crippen LogP contribution in [-0.2, 0) is 10.0 Å². The Bertz CT molecular complexity index is 1300. The van der Waals surface area contributed by atoms with Gasteiger partial charge in [-0.3, -0.25) is 20.3 Å². The van der Waals surface area contributed by atoms with Crippen LogP contribution >= 0.6 is 0 Å². The van der Waals surface area contributed by atoms with Crippen molar-refractivity contribution in [1.82, 2.24) is 0 Å². The number of ether oxygens (including phenoxy) is 1. The molecular formula is C20H16F2N4O5S. The number of nitro benzene ring substituents is 1. The number of sulfonamides is 1. The summed E-state index contributed by atoms with van der Waals surface area (Å²) in [6.45, 7) is 0. The number of benzene rings is 3. The van der Waals surface area contributed by atoms with Gasteiger partial charge in [0.2, 0.25) is 0 Å². The summed E-state index contributed by atoms with van der Waals surface area (Å²) in [4.78, 5) is 9.94. The molecule has 0 saturated heterocycles. The van der Waals surface area contributed by atoms with Crippen LogP contribution < -0.4 is 14.9 Å². The van der Waals surface area contributed by atoms with Crippen LogP contribution in [0.4, 0.5) is 25.8 Å². The smallest absolute Gasteiger partial charge is 0.270 e. The molecule has 12 heteroatoms. The van der Waals surface area contributed by atoms with E-state index in [2.05, 4.69) is 15.2 Å². The molecule has 0 atom stereocenters. The molecule has 9 nitrogen and oxygen atoms in total. The number of nitrogens with zero attached hydrogens (tertiary/aromatic N) is 2. The van der Waals surface area contributed by atoms with Gasteiger partial charge in [0.1, 0.15) is 22.3 Å². The van der Waals surface area contributed by atoms with Gasteiger partial charge >= 0.3 is 0 Å². The Morgan fingerprint density at radius 3 is 2.50 bits per heavy atom. The van der Waals surface area contributed by atoms with E-state index in [-0.39, 0.29) is 22.7 Å². The summed E-state index contributed by atoms with van der Waals surface area (Å²) < 4.78 is 60.2. The Labute approximate surface area is 181 Å². The topological polar surface area (TPSA) is 123 Å². The molecule has 0 unspecified atom stereocenters. The van der Waals surface area contributed by atoms with Crippen LogP contribution in [0.1, 0.15) is 5.56 Å². The molecule has 32 heavy (non-hydrogen) atoms. The van der Waals surface area contributed by atoms with E-state index in [9.17, 15) is 27.3 Å². The molecule has 3 aromatic rings. The monoisotopic (exact) mass is 462 g/mol. The van der Waals surface area contributed by atoms with Crippen LogP contribution in [0, 0.1) is 21.7 Å². The van der Waals surface area contributed by atoms with Gasteiger partial charge in [-0.25, -0.2) is 17.2 Å². The zero-order chi connectivity index (χ0) is 23.3. The standard InChI is InChI=1S/C20H16F2N4O5S/c1-31-19-5-3-2-4-17(19)25-32(29,30)20-11-15(26(27)28)8-9-18(20)24-23-12-13-6-7-14(21)10-16(13)22/h2-12,24-25H,1H3/b23-12+. The number of halogens is 2. The van der Waals surface area contributed by atoms with E-state index in [1.165, 1.54) is 19.2 Å². The SMILES string of the molecule is COc1ccccc1NS(=O)(=O)c1cc([N+](=O)[O-])ccc1N/N=C/c1ccc(F)cc1F. The maximum absolute atomic E-state index is 13.7. The fourth-order valence-electron chi connectivity index (χ4n) is 2.65. The number of non-ortho nitro benzene ring substituents is 1. The number of hydrogen-bond donors (Lipinski definition) is 2. The molecule has 0 fully saturated rings. The molecule has 0 amide bonds. The lowest BCUT2D eigenvalue weighted by Gasteiger charge is -2.14. The Morgan fingerprint density at radius 2 is 1.81 bits per heavy atom. The van der Waals surface area contributed by atoms with E-state index in [1.54, 1.807) is 12.1 Å². The summed E-state index contributed by atoms with van der Waals surface area (Å²) in [7, 11) is -2.98. The first-order valence-corrected chi connectivity index (χ1v) is 10.4. The summed E-state index contributed by atoms with van der Waals surface area (Å²) in [6, 6.07) is 12.1. The molecule has 0 aromatic heterocycles. The van der Waals surface area contributed by atoms with Gasteiger partial charge in [-0.2, -0.15) is 5.10 Å². The van der Waals surface area contributed by atoms with Gasteiger partial charge in [0.15, 0.2) is 0 Å². The highest BCUT2D eigenvalue weighted by molar-refractivity contribution is 7.93.